The van der Waals surface area contributed by atoms with Crippen molar-refractivity contribution >= 4 is 35.3 Å². The number of ether oxygens (including phenoxy) is 2. The van der Waals surface area contributed by atoms with E-state index in [2.05, 4.69) is 44.9 Å². The minimum Gasteiger partial charge on any atom is -1.00 e. The van der Waals surface area contributed by atoms with Gasteiger partial charge in [0.2, 0.25) is 0 Å². The van der Waals surface area contributed by atoms with Gasteiger partial charge in [0, 0.05) is 27.9 Å². The van der Waals surface area contributed by atoms with E-state index in [9.17, 15) is 14.7 Å². The number of aromatic hydroxyl groups is 1. The maximum Gasteiger partial charge on any atom is 1.00 e. The van der Waals surface area contributed by atoms with Gasteiger partial charge in [-0.25, -0.2) is 0 Å². The minimum absolute atomic E-state index is 0. The summed E-state index contributed by atoms with van der Waals surface area (Å²) in [5, 5.41) is 24.7. The van der Waals surface area contributed by atoms with Crippen LogP contribution in [0.5, 0.6) is 11.5 Å². The van der Waals surface area contributed by atoms with Gasteiger partial charge in [-0.2, -0.15) is 5.21 Å². The summed E-state index contributed by atoms with van der Waals surface area (Å²) in [4.78, 5) is 24.8. The summed E-state index contributed by atoms with van der Waals surface area (Å²) in [6.07, 6.45) is 2.64. The Morgan fingerprint density at radius 2 is 1.93 bits per heavy atom. The van der Waals surface area contributed by atoms with E-state index in [1.54, 1.807) is 35.7 Å². The van der Waals surface area contributed by atoms with E-state index in [4.69, 9.17) is 9.47 Å². The summed E-state index contributed by atoms with van der Waals surface area (Å²) < 4.78 is 10.9. The van der Waals surface area contributed by atoms with Crippen LogP contribution >= 0.6 is 23.5 Å². The first-order valence-electron chi connectivity index (χ1n) is 13.0. The predicted molar refractivity (Wildman–Crippen MR) is 155 cm³/mol. The normalized spacial score (nSPS) is 12.3. The third-order valence-electron chi connectivity index (χ3n) is 6.16. The fourth-order valence-corrected chi connectivity index (χ4v) is 6.22. The SMILES string of the molecule is CCCc1c(OCCCSc2ccc(C(SCc3nn[nH]n3)C(C)CC(=O)OC)cc2)ccc(C(C)=O)c1O.[H-].[Na+]. The molecule has 0 radical (unpaired) electrons. The van der Waals surface area contributed by atoms with Gasteiger partial charge >= 0.3 is 35.5 Å². The Morgan fingerprint density at radius 1 is 1.18 bits per heavy atom. The van der Waals surface area contributed by atoms with Crippen LogP contribution in [0.25, 0.3) is 0 Å². The molecule has 0 saturated heterocycles. The first-order chi connectivity index (χ1) is 18.8. The van der Waals surface area contributed by atoms with Crippen LogP contribution in [0.4, 0.5) is 0 Å². The van der Waals surface area contributed by atoms with Gasteiger partial charge in [-0.05, 0) is 55.5 Å². The number of nitrogens with zero attached hydrogens (tertiary/aromatic N) is 3. The zero-order chi connectivity index (χ0) is 28.2. The van der Waals surface area contributed by atoms with Crippen LogP contribution in [0.15, 0.2) is 41.3 Å². The van der Waals surface area contributed by atoms with Gasteiger partial charge in [0.15, 0.2) is 11.6 Å². The van der Waals surface area contributed by atoms with Crippen molar-refractivity contribution in [1.82, 2.24) is 20.6 Å². The van der Waals surface area contributed by atoms with Gasteiger partial charge in [-0.15, -0.1) is 33.7 Å². The van der Waals surface area contributed by atoms with Crippen LogP contribution in [0.2, 0.25) is 0 Å². The molecule has 2 N–H and O–H groups in total. The Balaban J connectivity index is 0.00000420. The van der Waals surface area contributed by atoms with Crippen molar-refractivity contribution in [3.8, 4) is 11.5 Å². The Morgan fingerprint density at radius 3 is 2.55 bits per heavy atom. The number of ketones is 1. The molecule has 1 heterocycles. The number of benzene rings is 2. The fraction of sp³-hybridized carbons (Fsp3) is 0.464. The van der Waals surface area contributed by atoms with Crippen LogP contribution in [0, 0.1) is 5.92 Å². The van der Waals surface area contributed by atoms with Gasteiger partial charge in [0.1, 0.15) is 11.5 Å². The molecule has 0 aliphatic carbocycles. The van der Waals surface area contributed by atoms with Gasteiger partial charge < -0.3 is 16.0 Å². The van der Waals surface area contributed by atoms with E-state index in [1.807, 2.05) is 13.8 Å². The molecule has 212 valence electrons. The standard InChI is InChI=1S/C28H36N4O5S2.Na.H/c1-5-7-23-24(13-12-22(19(3)33)27(23)35)37-14-6-15-38-21-10-8-20(9-11-21)28(18(2)16-26(34)36-4)39-17-25-29-31-32-30-25;;/h8-13,18,28,35H,5-7,14-17H2,1-4H3,(H,29,30,31,32);;/q;+1;-1. The summed E-state index contributed by atoms with van der Waals surface area (Å²) in [5.74, 6) is 2.42. The molecule has 9 nitrogen and oxygen atoms in total. The molecule has 0 saturated carbocycles. The number of hydrogen-bond acceptors (Lipinski definition) is 10. The maximum atomic E-state index is 11.9. The van der Waals surface area contributed by atoms with Gasteiger partial charge in [0.25, 0.3) is 0 Å². The monoisotopic (exact) mass is 596 g/mol. The molecule has 2 unspecified atom stereocenters. The Labute approximate surface area is 267 Å². The number of thioether (sulfide) groups is 2. The number of nitrogens with one attached hydrogen (secondary N) is 1. The largest absolute Gasteiger partial charge is 1.00 e. The van der Waals surface area contributed by atoms with Crippen LogP contribution in [-0.2, 0) is 21.7 Å². The topological polar surface area (TPSA) is 127 Å². The number of esters is 1. The van der Waals surface area contributed by atoms with Crippen molar-refractivity contribution in [3.63, 3.8) is 0 Å². The molecule has 0 aliphatic heterocycles. The maximum absolute atomic E-state index is 11.9. The smallest absolute Gasteiger partial charge is 1.00 e. The summed E-state index contributed by atoms with van der Waals surface area (Å²) in [6.45, 7) is 6.04. The number of tetrazole rings is 1. The molecule has 0 bridgehead atoms. The van der Waals surface area contributed by atoms with Gasteiger partial charge in [-0.3, -0.25) is 9.59 Å². The fourth-order valence-electron chi connectivity index (χ4n) is 4.16. The minimum atomic E-state index is -0.228. The van der Waals surface area contributed by atoms with Crippen LogP contribution in [0.3, 0.4) is 0 Å². The molecule has 3 aromatic rings. The van der Waals surface area contributed by atoms with Crippen LogP contribution in [0.1, 0.15) is 74.0 Å². The van der Waals surface area contributed by atoms with Gasteiger partial charge in [-0.1, -0.05) is 37.6 Å². The molecule has 3 rings (SSSR count). The average Bonchev–Trinajstić information content (AvgIpc) is 3.44. The summed E-state index contributed by atoms with van der Waals surface area (Å²) in [7, 11) is 1.41. The van der Waals surface area contributed by atoms with E-state index >= 15 is 0 Å². The molecule has 1 aromatic heterocycles. The first-order valence-corrected chi connectivity index (χ1v) is 15.0. The number of hydrogen-bond donors (Lipinski definition) is 2. The number of carbonyl (C=O) groups is 2. The second-order valence-electron chi connectivity index (χ2n) is 9.18. The Bertz CT molecular complexity index is 1220. The summed E-state index contributed by atoms with van der Waals surface area (Å²) in [6, 6.07) is 11.8. The molecule has 2 aromatic carbocycles. The number of aromatic nitrogens is 4. The van der Waals surface area contributed by atoms with Crippen LogP contribution in [-0.4, -0.2) is 57.0 Å². The number of phenols is 1. The number of aromatic amines is 1. The molecule has 0 aliphatic rings. The molecule has 0 spiro atoms. The van der Waals surface area contributed by atoms with Crippen molar-refractivity contribution in [1.29, 1.82) is 0 Å². The predicted octanol–water partition coefficient (Wildman–Crippen LogP) is 2.91. The number of phenolic OH excluding ortho intramolecular Hbond substituents is 1. The van der Waals surface area contributed by atoms with Crippen molar-refractivity contribution in [2.75, 3.05) is 19.5 Å². The summed E-state index contributed by atoms with van der Waals surface area (Å²) >= 11 is 3.42. The molecule has 12 heteroatoms. The number of Topliss-reactive ketones (excluding diaryl/α,β-unsaturated/α-hetero) is 1. The molecule has 40 heavy (non-hydrogen) atoms. The third-order valence-corrected chi connectivity index (χ3v) is 8.78. The Kier molecular flexibility index (Phi) is 15.1. The second-order valence-corrected chi connectivity index (χ2v) is 11.5. The summed E-state index contributed by atoms with van der Waals surface area (Å²) in [5.41, 5.74) is 2.16. The quantitative estimate of drug-likeness (QED) is 0.0838. The zero-order valence-electron chi connectivity index (χ0n) is 24.8. The number of H-pyrrole nitrogens is 1. The Hall–Kier alpha value is -2.05. The molecular formula is C28H37N4NaO5S2. The molecule has 0 amide bonds. The van der Waals surface area contributed by atoms with E-state index in [0.717, 1.165) is 29.1 Å². The zero-order valence-corrected chi connectivity index (χ0v) is 27.4. The average molecular weight is 597 g/mol. The van der Waals surface area contributed by atoms with Crippen LogP contribution < -0.4 is 34.3 Å². The third kappa shape index (κ3) is 10.1. The molecule has 0 fully saturated rings. The number of methoxy groups -OCH3 is 1. The van der Waals surface area contributed by atoms with Crippen molar-refractivity contribution in [3.05, 3.63) is 58.9 Å². The number of rotatable bonds is 16. The van der Waals surface area contributed by atoms with E-state index in [0.29, 0.717) is 47.9 Å². The molecule has 2 atom stereocenters. The molecular weight excluding hydrogens is 559 g/mol. The van der Waals surface area contributed by atoms with Gasteiger partial charge in [0.05, 0.1) is 25.0 Å². The van der Waals surface area contributed by atoms with Crippen molar-refractivity contribution in [2.24, 2.45) is 5.92 Å². The van der Waals surface area contributed by atoms with E-state index in [-0.39, 0.29) is 59.7 Å². The van der Waals surface area contributed by atoms with E-state index in [1.165, 1.54) is 14.0 Å². The van der Waals surface area contributed by atoms with E-state index < -0.39 is 0 Å². The second kappa shape index (κ2) is 17.7. The number of carbonyl (C=O) groups excluding carboxylic acids is 2. The van der Waals surface area contributed by atoms with Crippen molar-refractivity contribution in [2.45, 2.75) is 62.4 Å². The first kappa shape index (κ1) is 34.2. The van der Waals surface area contributed by atoms with Crippen molar-refractivity contribution < 1.29 is 55.2 Å².